The van der Waals surface area contributed by atoms with Crippen LogP contribution in [0.2, 0.25) is 0 Å². The van der Waals surface area contributed by atoms with Crippen molar-refractivity contribution in [2.24, 2.45) is 7.05 Å². The van der Waals surface area contributed by atoms with E-state index in [1.807, 2.05) is 0 Å². The van der Waals surface area contributed by atoms with Gasteiger partial charge in [-0.1, -0.05) is 18.2 Å². The van der Waals surface area contributed by atoms with Crippen molar-refractivity contribution in [3.05, 3.63) is 77.2 Å². The smallest absolute Gasteiger partial charge is 0.339 e. The molecule has 3 heterocycles. The Labute approximate surface area is 221 Å². The molecule has 2 aromatic heterocycles. The Hall–Kier alpha value is -4.35. The summed E-state index contributed by atoms with van der Waals surface area (Å²) in [5, 5.41) is 9.75. The molecule has 39 heavy (non-hydrogen) atoms. The molecule has 1 unspecified atom stereocenters. The first-order valence-corrected chi connectivity index (χ1v) is 13.0. The molecular weight excluding hydrogens is 534 g/mol. The summed E-state index contributed by atoms with van der Waals surface area (Å²) in [7, 11) is 1.05. The fourth-order valence-corrected chi connectivity index (χ4v) is 4.87. The molecule has 1 aliphatic rings. The van der Waals surface area contributed by atoms with Gasteiger partial charge in [0.25, 0.3) is 5.91 Å². The van der Waals surface area contributed by atoms with Gasteiger partial charge >= 0.3 is 14.2 Å². The highest BCUT2D eigenvalue weighted by molar-refractivity contribution is 7.37. The molecule has 5 rings (SSSR count). The number of rotatable bonds is 7. The number of hydrogen-bond acceptors (Lipinski definition) is 7. The lowest BCUT2D eigenvalue weighted by molar-refractivity contribution is -0.137. The van der Waals surface area contributed by atoms with E-state index >= 15 is 0 Å². The first-order valence-electron chi connectivity index (χ1n) is 11.6. The lowest BCUT2D eigenvalue weighted by atomic mass is 9.97. The zero-order valence-electron chi connectivity index (χ0n) is 20.7. The molecule has 200 valence electrons. The SMILES string of the molecule is CN1Cc2c(-c3cnn(C)c3)ccc(Nc3nc(Nc4ccc(C[P+](=O)O)cc4)ncc3C(F)(F)F)c2C1=O. The first-order chi connectivity index (χ1) is 18.5. The maximum Gasteiger partial charge on any atom is 0.510 e. The van der Waals surface area contributed by atoms with Crippen LogP contribution in [0.25, 0.3) is 11.1 Å². The van der Waals surface area contributed by atoms with Gasteiger partial charge in [-0.3, -0.25) is 9.48 Å². The molecule has 0 fully saturated rings. The molecule has 1 atom stereocenters. The molecule has 0 radical (unpaired) electrons. The Kier molecular flexibility index (Phi) is 6.79. The highest BCUT2D eigenvalue weighted by Crippen LogP contribution is 2.40. The number of aromatic nitrogens is 4. The molecule has 0 bridgehead atoms. The molecule has 1 amide bonds. The molecule has 4 aromatic rings. The molecule has 10 nitrogen and oxygen atoms in total. The Balaban J connectivity index is 1.51. The van der Waals surface area contributed by atoms with E-state index in [0.717, 1.165) is 11.1 Å². The summed E-state index contributed by atoms with van der Waals surface area (Å²) in [6, 6.07) is 9.72. The minimum atomic E-state index is -4.76. The van der Waals surface area contributed by atoms with Crippen LogP contribution < -0.4 is 10.6 Å². The summed E-state index contributed by atoms with van der Waals surface area (Å²) in [5.41, 5.74) is 2.66. The quantitative estimate of drug-likeness (QED) is 0.265. The number of amides is 1. The van der Waals surface area contributed by atoms with Crippen LogP contribution in [0.15, 0.2) is 55.0 Å². The van der Waals surface area contributed by atoms with Crippen molar-refractivity contribution >= 4 is 37.1 Å². The lowest BCUT2D eigenvalue weighted by Crippen LogP contribution is -2.18. The van der Waals surface area contributed by atoms with Crippen LogP contribution in [-0.2, 0) is 30.5 Å². The number of hydrogen-bond donors (Lipinski definition) is 3. The van der Waals surface area contributed by atoms with E-state index in [9.17, 15) is 22.5 Å². The summed E-state index contributed by atoms with van der Waals surface area (Å²) < 4.78 is 54.3. The van der Waals surface area contributed by atoms with E-state index < -0.39 is 25.6 Å². The van der Waals surface area contributed by atoms with Gasteiger partial charge in [0.2, 0.25) is 12.1 Å². The standard InChI is InChI=1S/C25H21F3N7O3P/c1-34-12-18-17(15-9-30-35(2)11-15)7-8-20(21(18)23(34)36)32-22-19(25(26,27)28)10-29-24(33-22)31-16-5-3-14(4-6-16)13-39(37)38/h3-11H,12-13H2,1-2H3,(H2-,29,31,32,33,36,37,38)/p+1. The highest BCUT2D eigenvalue weighted by Gasteiger charge is 2.37. The van der Waals surface area contributed by atoms with Gasteiger partial charge in [-0.05, 0) is 33.9 Å². The van der Waals surface area contributed by atoms with E-state index in [-0.39, 0.29) is 35.8 Å². The van der Waals surface area contributed by atoms with Crippen molar-refractivity contribution in [1.29, 1.82) is 0 Å². The average molecular weight is 556 g/mol. The number of carbonyl (C=O) groups is 1. The predicted octanol–water partition coefficient (Wildman–Crippen LogP) is 5.20. The highest BCUT2D eigenvalue weighted by atomic mass is 31.1. The number of aryl methyl sites for hydroxylation is 1. The van der Waals surface area contributed by atoms with Crippen LogP contribution in [-0.4, -0.2) is 42.5 Å². The molecule has 1 aliphatic heterocycles. The van der Waals surface area contributed by atoms with Gasteiger partial charge in [0.05, 0.1) is 17.4 Å². The number of nitrogens with zero attached hydrogens (tertiary/aromatic N) is 5. The number of nitrogens with one attached hydrogen (secondary N) is 2. The number of benzene rings is 2. The number of carbonyl (C=O) groups excluding carboxylic acids is 1. The van der Waals surface area contributed by atoms with Gasteiger partial charge in [-0.15, -0.1) is 0 Å². The second-order valence-corrected chi connectivity index (χ2v) is 10.0. The molecule has 0 saturated heterocycles. The van der Waals surface area contributed by atoms with Crippen molar-refractivity contribution in [3.63, 3.8) is 0 Å². The minimum Gasteiger partial charge on any atom is -0.339 e. The maximum absolute atomic E-state index is 13.9. The summed E-state index contributed by atoms with van der Waals surface area (Å²) in [6.07, 6.45) is -0.653. The molecule has 0 aliphatic carbocycles. The van der Waals surface area contributed by atoms with Gasteiger partial charge in [0, 0.05) is 49.8 Å². The summed E-state index contributed by atoms with van der Waals surface area (Å²) in [4.78, 5) is 31.5. The van der Waals surface area contributed by atoms with E-state index in [0.29, 0.717) is 23.0 Å². The normalized spacial score (nSPS) is 13.4. The van der Waals surface area contributed by atoms with Crippen LogP contribution in [0.1, 0.15) is 27.0 Å². The number of fused-ring (bicyclic) bond motifs is 1. The van der Waals surface area contributed by atoms with Crippen LogP contribution >= 0.6 is 8.03 Å². The summed E-state index contributed by atoms with van der Waals surface area (Å²) in [6.45, 7) is 0.289. The first kappa shape index (κ1) is 26.3. The molecule has 2 aromatic carbocycles. The summed E-state index contributed by atoms with van der Waals surface area (Å²) >= 11 is 0. The molecule has 14 heteroatoms. The molecule has 0 spiro atoms. The van der Waals surface area contributed by atoms with Gasteiger partial charge < -0.3 is 15.5 Å². The van der Waals surface area contributed by atoms with E-state index in [4.69, 9.17) is 4.89 Å². The zero-order valence-corrected chi connectivity index (χ0v) is 21.6. The Morgan fingerprint density at radius 3 is 2.46 bits per heavy atom. The Morgan fingerprint density at radius 1 is 1.08 bits per heavy atom. The third-order valence-electron chi connectivity index (χ3n) is 6.16. The topological polar surface area (TPSA) is 125 Å². The fourth-order valence-electron chi connectivity index (χ4n) is 4.34. The van der Waals surface area contributed by atoms with Crippen molar-refractivity contribution in [2.75, 3.05) is 17.7 Å². The van der Waals surface area contributed by atoms with Crippen molar-refractivity contribution < 1.29 is 27.4 Å². The van der Waals surface area contributed by atoms with Gasteiger partial charge in [-0.2, -0.15) is 28.1 Å². The largest absolute Gasteiger partial charge is 0.510 e. The monoisotopic (exact) mass is 556 g/mol. The van der Waals surface area contributed by atoms with Gasteiger partial charge in [0.1, 0.15) is 11.4 Å². The second-order valence-electron chi connectivity index (χ2n) is 8.99. The van der Waals surface area contributed by atoms with Crippen LogP contribution in [0.4, 0.5) is 36.3 Å². The second kappa shape index (κ2) is 10.1. The van der Waals surface area contributed by atoms with Crippen LogP contribution in [0, 0.1) is 0 Å². The fraction of sp³-hybridized carbons (Fsp3) is 0.200. The molecule has 3 N–H and O–H groups in total. The van der Waals surface area contributed by atoms with Crippen LogP contribution in [0.3, 0.4) is 0 Å². The number of halogens is 3. The third kappa shape index (κ3) is 5.45. The van der Waals surface area contributed by atoms with Crippen molar-refractivity contribution in [3.8, 4) is 11.1 Å². The van der Waals surface area contributed by atoms with Crippen LogP contribution in [0.5, 0.6) is 0 Å². The van der Waals surface area contributed by atoms with E-state index in [2.05, 4.69) is 25.7 Å². The molecular formula is C25H22F3N7O3P+. The zero-order chi connectivity index (χ0) is 27.9. The van der Waals surface area contributed by atoms with Gasteiger partial charge in [-0.25, -0.2) is 4.98 Å². The minimum absolute atomic E-state index is 0.0156. The third-order valence-corrected chi connectivity index (χ3v) is 6.80. The maximum atomic E-state index is 13.9. The van der Waals surface area contributed by atoms with E-state index in [1.54, 1.807) is 67.6 Å². The molecule has 0 saturated carbocycles. The Morgan fingerprint density at radius 2 is 1.82 bits per heavy atom. The Bertz CT molecular complexity index is 1590. The number of alkyl halides is 3. The number of anilines is 4. The van der Waals surface area contributed by atoms with Crippen molar-refractivity contribution in [1.82, 2.24) is 24.6 Å². The van der Waals surface area contributed by atoms with E-state index in [1.165, 1.54) is 4.90 Å². The average Bonchev–Trinajstić information content (AvgIpc) is 3.42. The van der Waals surface area contributed by atoms with Gasteiger partial charge in [0.15, 0.2) is 0 Å². The summed E-state index contributed by atoms with van der Waals surface area (Å²) in [5.74, 6) is -0.963. The van der Waals surface area contributed by atoms with Crippen molar-refractivity contribution in [2.45, 2.75) is 18.9 Å². The lowest BCUT2D eigenvalue weighted by Gasteiger charge is -2.17. The predicted molar refractivity (Wildman–Crippen MR) is 138 cm³/mol.